The number of hydrogen-bond acceptors (Lipinski definition) is 3. The minimum atomic E-state index is 0.516. The van der Waals surface area contributed by atoms with Crippen LogP contribution in [0.15, 0.2) is 36.5 Å². The highest BCUT2D eigenvalue weighted by molar-refractivity contribution is 5.22. The van der Waals surface area contributed by atoms with E-state index in [9.17, 15) is 0 Å². The number of benzene rings is 1. The molecule has 0 N–H and O–H groups in total. The second kappa shape index (κ2) is 7.31. The van der Waals surface area contributed by atoms with Gasteiger partial charge in [0.15, 0.2) is 0 Å². The van der Waals surface area contributed by atoms with Crippen LogP contribution in [0.5, 0.6) is 0 Å². The summed E-state index contributed by atoms with van der Waals surface area (Å²) in [5, 5.41) is 4.52. The van der Waals surface area contributed by atoms with E-state index in [2.05, 4.69) is 58.4 Å². The first-order valence-corrected chi connectivity index (χ1v) is 11.1. The van der Waals surface area contributed by atoms with Crippen LogP contribution in [0.4, 0.5) is 0 Å². The number of nitrogens with zero attached hydrogens (tertiary/aromatic N) is 4. The number of piperidine rings is 2. The summed E-state index contributed by atoms with van der Waals surface area (Å²) in [7, 11) is 2.03. The first-order valence-electron chi connectivity index (χ1n) is 11.1. The average molecular weight is 379 g/mol. The Morgan fingerprint density at radius 1 is 1.11 bits per heavy atom. The van der Waals surface area contributed by atoms with Crippen LogP contribution in [-0.2, 0) is 13.6 Å². The van der Waals surface area contributed by atoms with Gasteiger partial charge in [-0.2, -0.15) is 5.10 Å². The highest BCUT2D eigenvalue weighted by Crippen LogP contribution is 2.47. The van der Waals surface area contributed by atoms with Crippen LogP contribution in [0.3, 0.4) is 0 Å². The highest BCUT2D eigenvalue weighted by Gasteiger charge is 2.45. The Bertz CT molecular complexity index is 799. The van der Waals surface area contributed by atoms with E-state index < -0.39 is 0 Å². The molecule has 0 radical (unpaired) electrons. The fourth-order valence-corrected chi connectivity index (χ4v) is 5.69. The minimum absolute atomic E-state index is 0.516. The van der Waals surface area contributed by atoms with E-state index in [1.807, 2.05) is 11.7 Å². The summed E-state index contributed by atoms with van der Waals surface area (Å²) in [6, 6.07) is 12.2. The molecule has 1 aromatic heterocycles. The van der Waals surface area contributed by atoms with Crippen molar-refractivity contribution < 1.29 is 0 Å². The van der Waals surface area contributed by atoms with Gasteiger partial charge in [-0.05, 0) is 69.0 Å². The lowest BCUT2D eigenvalue weighted by Crippen LogP contribution is -2.52. The Morgan fingerprint density at radius 2 is 1.86 bits per heavy atom. The maximum atomic E-state index is 4.52. The van der Waals surface area contributed by atoms with Gasteiger partial charge in [0.05, 0.1) is 5.69 Å². The number of aromatic nitrogens is 2. The Morgan fingerprint density at radius 3 is 2.50 bits per heavy atom. The van der Waals surface area contributed by atoms with Crippen LogP contribution in [0, 0.1) is 12.3 Å². The van der Waals surface area contributed by atoms with Gasteiger partial charge in [0, 0.05) is 44.5 Å². The van der Waals surface area contributed by atoms with Crippen molar-refractivity contribution in [2.75, 3.05) is 26.2 Å². The van der Waals surface area contributed by atoms with E-state index in [4.69, 9.17) is 0 Å². The second-order valence-electron chi connectivity index (χ2n) is 9.66. The molecule has 28 heavy (non-hydrogen) atoms. The van der Waals surface area contributed by atoms with Gasteiger partial charge in [0.25, 0.3) is 0 Å². The average Bonchev–Trinajstić information content (AvgIpc) is 3.50. The zero-order chi connectivity index (χ0) is 19.1. The summed E-state index contributed by atoms with van der Waals surface area (Å²) in [4.78, 5) is 5.50. The van der Waals surface area contributed by atoms with E-state index in [1.54, 1.807) is 5.56 Å². The molecule has 150 valence electrons. The number of rotatable bonds is 4. The molecule has 2 aliphatic heterocycles. The molecule has 3 aliphatic rings. The lowest BCUT2D eigenvalue weighted by atomic mass is 9.68. The van der Waals surface area contributed by atoms with Crippen LogP contribution in [0.1, 0.15) is 54.8 Å². The minimum Gasteiger partial charge on any atom is -0.299 e. The third kappa shape index (κ3) is 3.77. The fraction of sp³-hybridized carbons (Fsp3) is 0.625. The van der Waals surface area contributed by atoms with E-state index in [0.29, 0.717) is 11.3 Å². The predicted octanol–water partition coefficient (Wildman–Crippen LogP) is 3.96. The summed E-state index contributed by atoms with van der Waals surface area (Å²) in [6.07, 6.45) is 9.10. The SMILES string of the molecule is Cc1nn(C)cc1CN1CCC2(CC1)C[C@H](c1ccccc1)CN(C1CC1)C2. The molecular formula is C24H34N4. The Kier molecular flexibility index (Phi) is 4.80. The maximum Gasteiger partial charge on any atom is 0.0638 e. The largest absolute Gasteiger partial charge is 0.299 e. The summed E-state index contributed by atoms with van der Waals surface area (Å²) < 4.78 is 1.95. The Balaban J connectivity index is 1.28. The van der Waals surface area contributed by atoms with Crippen molar-refractivity contribution in [2.45, 2.75) is 57.5 Å². The summed E-state index contributed by atoms with van der Waals surface area (Å²) in [6.45, 7) is 8.27. The van der Waals surface area contributed by atoms with Gasteiger partial charge < -0.3 is 0 Å². The molecule has 1 atom stereocenters. The van der Waals surface area contributed by atoms with Gasteiger partial charge in [-0.1, -0.05) is 30.3 Å². The number of hydrogen-bond donors (Lipinski definition) is 0. The highest BCUT2D eigenvalue weighted by atomic mass is 15.3. The van der Waals surface area contributed by atoms with Crippen molar-refractivity contribution in [1.29, 1.82) is 0 Å². The molecule has 3 fully saturated rings. The van der Waals surface area contributed by atoms with Crippen molar-refractivity contribution in [3.8, 4) is 0 Å². The molecule has 1 aliphatic carbocycles. The molecule has 4 nitrogen and oxygen atoms in total. The van der Waals surface area contributed by atoms with E-state index in [1.165, 1.54) is 69.5 Å². The third-order valence-corrected chi connectivity index (χ3v) is 7.43. The topological polar surface area (TPSA) is 24.3 Å². The lowest BCUT2D eigenvalue weighted by Gasteiger charge is -2.50. The van der Waals surface area contributed by atoms with E-state index in [-0.39, 0.29) is 0 Å². The molecular weight excluding hydrogens is 344 g/mol. The van der Waals surface area contributed by atoms with E-state index in [0.717, 1.165) is 12.6 Å². The normalized spacial score (nSPS) is 26.0. The van der Waals surface area contributed by atoms with Crippen LogP contribution in [0.25, 0.3) is 0 Å². The molecule has 2 aromatic rings. The molecule has 0 bridgehead atoms. The standard InChI is InChI=1S/C24H34N4/c1-19-22(15-26(2)25-19)16-27-12-10-24(11-13-27)14-21(20-6-4-3-5-7-20)17-28(18-24)23-8-9-23/h3-7,15,21,23H,8-14,16-18H2,1-2H3/t21-/m0/s1. The molecule has 4 heteroatoms. The van der Waals surface area contributed by atoms with Crippen LogP contribution in [-0.4, -0.2) is 51.8 Å². The molecule has 1 spiro atoms. The zero-order valence-electron chi connectivity index (χ0n) is 17.5. The van der Waals surface area contributed by atoms with Gasteiger partial charge in [0.1, 0.15) is 0 Å². The van der Waals surface area contributed by atoms with Gasteiger partial charge in [0.2, 0.25) is 0 Å². The van der Waals surface area contributed by atoms with Crippen molar-refractivity contribution in [2.24, 2.45) is 12.5 Å². The lowest BCUT2D eigenvalue weighted by molar-refractivity contribution is 0.00826. The Labute approximate surface area is 169 Å². The van der Waals surface area contributed by atoms with Crippen molar-refractivity contribution in [3.63, 3.8) is 0 Å². The van der Waals surface area contributed by atoms with Gasteiger partial charge in [-0.3, -0.25) is 14.5 Å². The number of aryl methyl sites for hydroxylation is 2. The van der Waals surface area contributed by atoms with E-state index >= 15 is 0 Å². The van der Waals surface area contributed by atoms with Gasteiger partial charge >= 0.3 is 0 Å². The maximum absolute atomic E-state index is 4.52. The smallest absolute Gasteiger partial charge is 0.0638 e. The number of likely N-dealkylation sites (tertiary alicyclic amines) is 2. The quantitative estimate of drug-likeness (QED) is 0.805. The van der Waals surface area contributed by atoms with Gasteiger partial charge in [-0.25, -0.2) is 0 Å². The van der Waals surface area contributed by atoms with Crippen LogP contribution >= 0.6 is 0 Å². The summed E-state index contributed by atoms with van der Waals surface area (Å²) in [5.74, 6) is 0.711. The molecule has 1 aromatic carbocycles. The predicted molar refractivity (Wildman–Crippen MR) is 113 cm³/mol. The van der Waals surface area contributed by atoms with Crippen molar-refractivity contribution >= 4 is 0 Å². The molecule has 2 saturated heterocycles. The zero-order valence-corrected chi connectivity index (χ0v) is 17.5. The monoisotopic (exact) mass is 378 g/mol. The van der Waals surface area contributed by atoms with Crippen LogP contribution in [0.2, 0.25) is 0 Å². The second-order valence-corrected chi connectivity index (χ2v) is 9.66. The molecule has 1 saturated carbocycles. The van der Waals surface area contributed by atoms with Gasteiger partial charge in [-0.15, -0.1) is 0 Å². The summed E-state index contributed by atoms with van der Waals surface area (Å²) >= 11 is 0. The molecule has 0 amide bonds. The first kappa shape index (κ1) is 18.4. The third-order valence-electron chi connectivity index (χ3n) is 7.43. The Hall–Kier alpha value is -1.65. The van der Waals surface area contributed by atoms with Crippen LogP contribution < -0.4 is 0 Å². The van der Waals surface area contributed by atoms with Crippen molar-refractivity contribution in [3.05, 3.63) is 53.3 Å². The summed E-state index contributed by atoms with van der Waals surface area (Å²) in [5.41, 5.74) is 4.65. The molecule has 0 unspecified atom stereocenters. The van der Waals surface area contributed by atoms with Crippen molar-refractivity contribution in [1.82, 2.24) is 19.6 Å². The fourth-order valence-electron chi connectivity index (χ4n) is 5.69. The molecule has 5 rings (SSSR count). The molecule has 3 heterocycles. The first-order chi connectivity index (χ1) is 13.6.